The lowest BCUT2D eigenvalue weighted by molar-refractivity contribution is -0.138. The van der Waals surface area contributed by atoms with Crippen molar-refractivity contribution in [2.45, 2.75) is 19.1 Å². The second kappa shape index (κ2) is 8.51. The number of carbonyl (C=O) groups is 1. The van der Waals surface area contributed by atoms with Crippen molar-refractivity contribution < 1.29 is 22.8 Å². The van der Waals surface area contributed by atoms with Gasteiger partial charge in [0.15, 0.2) is 5.17 Å². The molecule has 0 unspecified atom stereocenters. The van der Waals surface area contributed by atoms with Crippen molar-refractivity contribution in [2.75, 3.05) is 13.2 Å². The predicted octanol–water partition coefficient (Wildman–Crippen LogP) is 5.36. The first-order chi connectivity index (χ1) is 15.8. The highest BCUT2D eigenvalue weighted by atomic mass is 35.5. The Hall–Kier alpha value is -2.82. The van der Waals surface area contributed by atoms with Gasteiger partial charge in [-0.15, -0.1) is 0 Å². The molecule has 0 aliphatic carbocycles. The normalized spacial score (nSPS) is 18.1. The van der Waals surface area contributed by atoms with E-state index in [9.17, 15) is 18.0 Å². The molecule has 11 heteroatoms. The van der Waals surface area contributed by atoms with Gasteiger partial charge in [-0.25, -0.2) is 5.06 Å². The molecule has 5 rings (SSSR count). The van der Waals surface area contributed by atoms with Crippen LogP contribution in [0, 0.1) is 0 Å². The number of halogens is 4. The number of aromatic nitrogens is 2. The molecule has 1 fully saturated rings. The molecule has 0 spiro atoms. The number of hydroxylamine groups is 2. The molecule has 0 saturated carbocycles. The molecular formula is C22H16ClF3N4O2S. The second-order valence-electron chi connectivity index (χ2n) is 7.52. The van der Waals surface area contributed by atoms with E-state index in [2.05, 4.69) is 10.1 Å². The standard InChI is InChI=1S/C22H16ClF3N4O2S/c23-16-4-3-14(17(10-16)22(24,25)26)12-29-18-5-2-13(8-15(18)11-27-29)9-19-20(31)28-21(33-19)30-6-1-7-32-30/h2-5,8-11H,1,6-7,12H2. The van der Waals surface area contributed by atoms with Gasteiger partial charge in [0, 0.05) is 10.4 Å². The summed E-state index contributed by atoms with van der Waals surface area (Å²) in [6, 6.07) is 9.11. The van der Waals surface area contributed by atoms with Crippen LogP contribution in [-0.4, -0.2) is 39.1 Å². The lowest BCUT2D eigenvalue weighted by Gasteiger charge is -2.14. The number of nitrogens with zero attached hydrogens (tertiary/aromatic N) is 4. The van der Waals surface area contributed by atoms with E-state index in [4.69, 9.17) is 16.4 Å². The zero-order valence-electron chi connectivity index (χ0n) is 17.0. The Kier molecular flexibility index (Phi) is 5.67. The van der Waals surface area contributed by atoms with Crippen LogP contribution < -0.4 is 0 Å². The highest BCUT2D eigenvalue weighted by Crippen LogP contribution is 2.35. The number of thioether (sulfide) groups is 1. The van der Waals surface area contributed by atoms with Crippen LogP contribution in [0.25, 0.3) is 17.0 Å². The van der Waals surface area contributed by atoms with Gasteiger partial charge in [0.25, 0.3) is 5.91 Å². The van der Waals surface area contributed by atoms with Gasteiger partial charge in [-0.2, -0.15) is 23.3 Å². The maximum absolute atomic E-state index is 13.4. The number of hydrogen-bond acceptors (Lipinski definition) is 5. The van der Waals surface area contributed by atoms with Crippen LogP contribution in [0.3, 0.4) is 0 Å². The van der Waals surface area contributed by atoms with Crippen LogP contribution in [0.5, 0.6) is 0 Å². The summed E-state index contributed by atoms with van der Waals surface area (Å²) in [5.41, 5.74) is 0.728. The van der Waals surface area contributed by atoms with E-state index in [0.29, 0.717) is 28.7 Å². The van der Waals surface area contributed by atoms with Gasteiger partial charge in [-0.1, -0.05) is 23.7 Å². The zero-order valence-corrected chi connectivity index (χ0v) is 18.5. The summed E-state index contributed by atoms with van der Waals surface area (Å²) >= 11 is 7.02. The van der Waals surface area contributed by atoms with Gasteiger partial charge in [0.2, 0.25) is 0 Å². The van der Waals surface area contributed by atoms with E-state index in [1.54, 1.807) is 29.5 Å². The van der Waals surface area contributed by atoms with Gasteiger partial charge in [-0.05, 0) is 59.7 Å². The van der Waals surface area contributed by atoms with Crippen molar-refractivity contribution in [1.82, 2.24) is 14.8 Å². The fourth-order valence-electron chi connectivity index (χ4n) is 3.69. The zero-order chi connectivity index (χ0) is 23.2. The molecule has 1 aromatic heterocycles. The first-order valence-electron chi connectivity index (χ1n) is 10.0. The summed E-state index contributed by atoms with van der Waals surface area (Å²) in [6.45, 7) is 1.24. The molecule has 2 aliphatic rings. The second-order valence-corrected chi connectivity index (χ2v) is 8.96. The maximum Gasteiger partial charge on any atom is 0.416 e. The molecule has 0 bridgehead atoms. The fraction of sp³-hybridized carbons (Fsp3) is 0.227. The molecule has 0 N–H and O–H groups in total. The summed E-state index contributed by atoms with van der Waals surface area (Å²) in [5.74, 6) is -0.330. The fourth-order valence-corrected chi connectivity index (χ4v) is 4.76. The number of hydrogen-bond donors (Lipinski definition) is 0. The third-order valence-corrected chi connectivity index (χ3v) is 6.46. The molecule has 0 atom stereocenters. The highest BCUT2D eigenvalue weighted by molar-refractivity contribution is 8.18. The van der Waals surface area contributed by atoms with Crippen molar-refractivity contribution in [3.63, 3.8) is 0 Å². The monoisotopic (exact) mass is 492 g/mol. The van der Waals surface area contributed by atoms with Gasteiger partial charge in [0.1, 0.15) is 0 Å². The van der Waals surface area contributed by atoms with Gasteiger partial charge >= 0.3 is 6.18 Å². The molecule has 1 saturated heterocycles. The van der Waals surface area contributed by atoms with Gasteiger partial charge in [0.05, 0.1) is 41.9 Å². The van der Waals surface area contributed by atoms with Crippen LogP contribution in [0.2, 0.25) is 5.02 Å². The van der Waals surface area contributed by atoms with E-state index < -0.39 is 11.7 Å². The van der Waals surface area contributed by atoms with Crippen LogP contribution in [0.15, 0.2) is 52.5 Å². The number of amidine groups is 1. The first kappa shape index (κ1) is 22.0. The number of rotatable bonds is 3. The molecule has 2 aliphatic heterocycles. The van der Waals surface area contributed by atoms with E-state index >= 15 is 0 Å². The van der Waals surface area contributed by atoms with E-state index in [1.165, 1.54) is 28.6 Å². The number of carbonyl (C=O) groups excluding carboxylic acids is 1. The molecule has 3 aromatic rings. The summed E-state index contributed by atoms with van der Waals surface area (Å²) in [6.07, 6.45) is -0.315. The Morgan fingerprint density at radius 3 is 2.82 bits per heavy atom. The molecule has 0 radical (unpaired) electrons. The third kappa shape index (κ3) is 4.50. The lowest BCUT2D eigenvalue weighted by Crippen LogP contribution is -2.22. The molecule has 1 amide bonds. The number of amides is 1. The lowest BCUT2D eigenvalue weighted by atomic mass is 10.1. The third-order valence-electron chi connectivity index (χ3n) is 5.24. The molecular weight excluding hydrogens is 477 g/mol. The molecule has 6 nitrogen and oxygen atoms in total. The number of alkyl halides is 3. The Morgan fingerprint density at radius 1 is 1.21 bits per heavy atom. The van der Waals surface area contributed by atoms with Crippen molar-refractivity contribution in [2.24, 2.45) is 4.99 Å². The van der Waals surface area contributed by atoms with Crippen molar-refractivity contribution in [3.05, 3.63) is 69.2 Å². The smallest absolute Gasteiger partial charge is 0.272 e. The van der Waals surface area contributed by atoms with Crippen molar-refractivity contribution >= 4 is 51.4 Å². The van der Waals surface area contributed by atoms with Crippen LogP contribution in [-0.2, 0) is 22.4 Å². The molecule has 2 aromatic carbocycles. The number of fused-ring (bicyclic) bond motifs is 1. The predicted molar refractivity (Wildman–Crippen MR) is 121 cm³/mol. The van der Waals surface area contributed by atoms with Crippen LogP contribution >= 0.6 is 23.4 Å². The summed E-state index contributed by atoms with van der Waals surface area (Å²) in [5, 5.41) is 7.19. The van der Waals surface area contributed by atoms with Crippen LogP contribution in [0.1, 0.15) is 23.1 Å². The Morgan fingerprint density at radius 2 is 2.06 bits per heavy atom. The average Bonchev–Trinajstić information content (AvgIpc) is 3.50. The van der Waals surface area contributed by atoms with E-state index in [-0.39, 0.29) is 23.0 Å². The Labute approximate surface area is 195 Å². The quantitative estimate of drug-likeness (QED) is 0.460. The van der Waals surface area contributed by atoms with Gasteiger partial charge < -0.3 is 0 Å². The number of aliphatic imine (C=N–C) groups is 1. The Balaban J connectivity index is 1.39. The molecule has 3 heterocycles. The topological polar surface area (TPSA) is 59.7 Å². The van der Waals surface area contributed by atoms with Crippen molar-refractivity contribution in [1.29, 1.82) is 0 Å². The minimum Gasteiger partial charge on any atom is -0.272 e. The largest absolute Gasteiger partial charge is 0.416 e. The van der Waals surface area contributed by atoms with Crippen LogP contribution in [0.4, 0.5) is 13.2 Å². The minimum absolute atomic E-state index is 0.0248. The van der Waals surface area contributed by atoms with Crippen molar-refractivity contribution in [3.8, 4) is 0 Å². The SMILES string of the molecule is O=C1N=C(N2CCCO2)SC1=Cc1ccc2c(cnn2Cc2ccc(Cl)cc2C(F)(F)F)c1. The Bertz CT molecular complexity index is 1310. The number of benzene rings is 2. The maximum atomic E-state index is 13.4. The summed E-state index contributed by atoms with van der Waals surface area (Å²) < 4.78 is 41.8. The van der Waals surface area contributed by atoms with E-state index in [0.717, 1.165) is 23.4 Å². The molecule has 33 heavy (non-hydrogen) atoms. The van der Waals surface area contributed by atoms with Gasteiger partial charge in [-0.3, -0.25) is 14.3 Å². The van der Waals surface area contributed by atoms with E-state index in [1.807, 2.05) is 6.07 Å². The first-order valence-corrected chi connectivity index (χ1v) is 11.2. The minimum atomic E-state index is -4.52. The highest BCUT2D eigenvalue weighted by Gasteiger charge is 2.33. The summed E-state index contributed by atoms with van der Waals surface area (Å²) in [7, 11) is 0. The average molecular weight is 493 g/mol. The summed E-state index contributed by atoms with van der Waals surface area (Å²) in [4.78, 5) is 22.2. The molecule has 170 valence electrons.